The van der Waals surface area contributed by atoms with Gasteiger partial charge in [-0.15, -0.1) is 12.4 Å². The van der Waals surface area contributed by atoms with Gasteiger partial charge in [-0.2, -0.15) is 13.2 Å². The predicted molar refractivity (Wildman–Crippen MR) is 70.1 cm³/mol. The van der Waals surface area contributed by atoms with Crippen molar-refractivity contribution in [3.05, 3.63) is 34.3 Å². The van der Waals surface area contributed by atoms with Gasteiger partial charge in [-0.25, -0.2) is 0 Å². The van der Waals surface area contributed by atoms with Crippen LogP contribution in [0.3, 0.4) is 0 Å². The van der Waals surface area contributed by atoms with Gasteiger partial charge in [-0.1, -0.05) is 37.9 Å². The van der Waals surface area contributed by atoms with Gasteiger partial charge in [0.05, 0.1) is 10.6 Å². The van der Waals surface area contributed by atoms with Gasteiger partial charge in [-0.3, -0.25) is 0 Å². The van der Waals surface area contributed by atoms with Crippen molar-refractivity contribution in [1.29, 1.82) is 0 Å². The van der Waals surface area contributed by atoms with Crippen LogP contribution in [0, 0.1) is 5.92 Å². The summed E-state index contributed by atoms with van der Waals surface area (Å²) in [7, 11) is 0. The average molecular weight is 302 g/mol. The molecule has 0 aliphatic carbocycles. The van der Waals surface area contributed by atoms with Gasteiger partial charge in [0.25, 0.3) is 0 Å². The van der Waals surface area contributed by atoms with E-state index < -0.39 is 11.7 Å². The molecular weight excluding hydrogens is 286 g/mol. The SMILES string of the molecule is CCC(C)[C@@H](N)c1ccc(C(F)(F)F)c(Cl)c1.Cl. The lowest BCUT2D eigenvalue weighted by Gasteiger charge is -2.20. The second kappa shape index (κ2) is 6.64. The minimum Gasteiger partial charge on any atom is -0.324 e. The summed E-state index contributed by atoms with van der Waals surface area (Å²) in [4.78, 5) is 0. The minimum atomic E-state index is -4.42. The highest BCUT2D eigenvalue weighted by Crippen LogP contribution is 2.36. The largest absolute Gasteiger partial charge is 0.417 e. The first-order chi connectivity index (χ1) is 7.77. The van der Waals surface area contributed by atoms with E-state index in [2.05, 4.69) is 0 Å². The minimum absolute atomic E-state index is 0. The summed E-state index contributed by atoms with van der Waals surface area (Å²) in [5, 5.41) is -0.297. The zero-order chi connectivity index (χ0) is 13.2. The second-order valence-electron chi connectivity index (χ2n) is 4.15. The van der Waals surface area contributed by atoms with Gasteiger partial charge in [0.15, 0.2) is 0 Å². The molecule has 0 heterocycles. The number of halogens is 5. The molecule has 1 unspecified atom stereocenters. The van der Waals surface area contributed by atoms with Crippen molar-refractivity contribution in [1.82, 2.24) is 0 Å². The van der Waals surface area contributed by atoms with Crippen molar-refractivity contribution in [3.8, 4) is 0 Å². The number of hydrogen-bond donors (Lipinski definition) is 1. The molecule has 0 amide bonds. The third kappa shape index (κ3) is 4.04. The lowest BCUT2D eigenvalue weighted by molar-refractivity contribution is -0.137. The monoisotopic (exact) mass is 301 g/mol. The summed E-state index contributed by atoms with van der Waals surface area (Å²) in [6.07, 6.45) is -3.56. The summed E-state index contributed by atoms with van der Waals surface area (Å²) in [5.74, 6) is 0.197. The lowest BCUT2D eigenvalue weighted by atomic mass is 9.93. The van der Waals surface area contributed by atoms with Crippen LogP contribution in [0.5, 0.6) is 0 Å². The summed E-state index contributed by atoms with van der Waals surface area (Å²) in [5.41, 5.74) is 5.75. The fourth-order valence-electron chi connectivity index (χ4n) is 1.55. The molecule has 2 atom stereocenters. The molecule has 104 valence electrons. The molecule has 6 heteroatoms. The van der Waals surface area contributed by atoms with E-state index in [1.807, 2.05) is 13.8 Å². The number of rotatable bonds is 3. The Balaban J connectivity index is 0.00000289. The maximum atomic E-state index is 12.5. The van der Waals surface area contributed by atoms with Crippen LogP contribution in [0.25, 0.3) is 0 Å². The molecule has 0 saturated carbocycles. The van der Waals surface area contributed by atoms with Crippen LogP contribution >= 0.6 is 24.0 Å². The van der Waals surface area contributed by atoms with Crippen LogP contribution in [0.1, 0.15) is 37.4 Å². The van der Waals surface area contributed by atoms with E-state index in [0.717, 1.165) is 12.5 Å². The van der Waals surface area contributed by atoms with Gasteiger partial charge < -0.3 is 5.73 Å². The number of benzene rings is 1. The predicted octanol–water partition coefficient (Wildman–Crippen LogP) is 4.83. The first kappa shape index (κ1) is 17.6. The van der Waals surface area contributed by atoms with E-state index in [0.29, 0.717) is 5.56 Å². The van der Waals surface area contributed by atoms with E-state index in [1.54, 1.807) is 0 Å². The Bertz CT molecular complexity index is 393. The van der Waals surface area contributed by atoms with Gasteiger partial charge in [-0.05, 0) is 23.6 Å². The zero-order valence-electron chi connectivity index (χ0n) is 10.1. The highest BCUT2D eigenvalue weighted by atomic mass is 35.5. The zero-order valence-corrected chi connectivity index (χ0v) is 11.7. The quantitative estimate of drug-likeness (QED) is 0.850. The van der Waals surface area contributed by atoms with Crippen molar-refractivity contribution in [3.63, 3.8) is 0 Å². The van der Waals surface area contributed by atoms with Gasteiger partial charge in [0.2, 0.25) is 0 Å². The molecule has 1 aromatic rings. The fourth-order valence-corrected chi connectivity index (χ4v) is 1.85. The Morgan fingerprint density at radius 3 is 2.28 bits per heavy atom. The Labute approximate surface area is 116 Å². The summed E-state index contributed by atoms with van der Waals surface area (Å²) >= 11 is 5.63. The average Bonchev–Trinajstić information content (AvgIpc) is 2.25. The molecule has 18 heavy (non-hydrogen) atoms. The lowest BCUT2D eigenvalue weighted by Crippen LogP contribution is -2.19. The summed E-state index contributed by atoms with van der Waals surface area (Å²) < 4.78 is 37.5. The molecule has 0 aliphatic rings. The maximum absolute atomic E-state index is 12.5. The fraction of sp³-hybridized carbons (Fsp3) is 0.500. The Kier molecular flexibility index (Phi) is 6.47. The summed E-state index contributed by atoms with van der Waals surface area (Å²) in [6, 6.07) is 3.40. The molecule has 1 aromatic carbocycles. The van der Waals surface area contributed by atoms with E-state index in [1.165, 1.54) is 12.1 Å². The summed E-state index contributed by atoms with van der Waals surface area (Å²) in [6.45, 7) is 3.94. The maximum Gasteiger partial charge on any atom is 0.417 e. The van der Waals surface area contributed by atoms with Crippen molar-refractivity contribution in [2.45, 2.75) is 32.5 Å². The topological polar surface area (TPSA) is 26.0 Å². The number of alkyl halides is 3. The van der Waals surface area contributed by atoms with E-state index in [9.17, 15) is 13.2 Å². The van der Waals surface area contributed by atoms with Crippen molar-refractivity contribution in [2.24, 2.45) is 11.7 Å². The molecule has 0 fully saturated rings. The van der Waals surface area contributed by atoms with Gasteiger partial charge in [0.1, 0.15) is 0 Å². The molecule has 0 radical (unpaired) electrons. The van der Waals surface area contributed by atoms with E-state index >= 15 is 0 Å². The second-order valence-corrected chi connectivity index (χ2v) is 4.56. The highest BCUT2D eigenvalue weighted by molar-refractivity contribution is 6.31. The van der Waals surface area contributed by atoms with Crippen LogP contribution in [0.4, 0.5) is 13.2 Å². The Morgan fingerprint density at radius 1 is 1.33 bits per heavy atom. The van der Waals surface area contributed by atoms with Crippen LogP contribution in [-0.2, 0) is 6.18 Å². The molecule has 0 bridgehead atoms. The van der Waals surface area contributed by atoms with Crippen molar-refractivity contribution >= 4 is 24.0 Å². The Hall–Kier alpha value is -0.450. The molecule has 0 saturated heterocycles. The smallest absolute Gasteiger partial charge is 0.324 e. The molecular formula is C12H16Cl2F3N. The van der Waals surface area contributed by atoms with Gasteiger partial charge >= 0.3 is 6.18 Å². The molecule has 0 aromatic heterocycles. The van der Waals surface area contributed by atoms with Crippen LogP contribution in [0.15, 0.2) is 18.2 Å². The first-order valence-electron chi connectivity index (χ1n) is 5.39. The van der Waals surface area contributed by atoms with Crippen LogP contribution < -0.4 is 5.73 Å². The van der Waals surface area contributed by atoms with E-state index in [-0.39, 0.29) is 29.4 Å². The molecule has 0 aliphatic heterocycles. The normalized spacial score (nSPS) is 14.8. The first-order valence-corrected chi connectivity index (χ1v) is 5.77. The number of hydrogen-bond acceptors (Lipinski definition) is 1. The van der Waals surface area contributed by atoms with Gasteiger partial charge in [0, 0.05) is 6.04 Å². The molecule has 1 nitrogen and oxygen atoms in total. The Morgan fingerprint density at radius 2 is 1.89 bits per heavy atom. The van der Waals surface area contributed by atoms with Crippen LogP contribution in [-0.4, -0.2) is 0 Å². The standard InChI is InChI=1S/C12H15ClF3N.ClH/c1-3-7(2)11(17)8-4-5-9(10(13)6-8)12(14,15)16;/h4-7,11H,3,17H2,1-2H3;1H/t7?,11-;/m1./s1. The molecule has 1 rings (SSSR count). The van der Waals surface area contributed by atoms with E-state index in [4.69, 9.17) is 17.3 Å². The van der Waals surface area contributed by atoms with Crippen LogP contribution in [0.2, 0.25) is 5.02 Å². The third-order valence-electron chi connectivity index (χ3n) is 2.94. The molecule has 0 spiro atoms. The third-order valence-corrected chi connectivity index (χ3v) is 3.25. The molecule has 2 N–H and O–H groups in total. The number of nitrogens with two attached hydrogens (primary N) is 1. The van der Waals surface area contributed by atoms with Crippen molar-refractivity contribution < 1.29 is 13.2 Å². The highest BCUT2D eigenvalue weighted by Gasteiger charge is 2.33. The van der Waals surface area contributed by atoms with Crippen molar-refractivity contribution in [2.75, 3.05) is 0 Å².